The summed E-state index contributed by atoms with van der Waals surface area (Å²) in [6, 6.07) is 14.9. The molecule has 1 aliphatic heterocycles. The molecule has 1 saturated heterocycles. The van der Waals surface area contributed by atoms with E-state index in [9.17, 15) is 13.2 Å². The zero-order valence-electron chi connectivity index (χ0n) is 18.4. The number of hydrogen-bond acceptors (Lipinski definition) is 4. The van der Waals surface area contributed by atoms with E-state index in [0.717, 1.165) is 24.2 Å². The van der Waals surface area contributed by atoms with Crippen LogP contribution in [0.1, 0.15) is 36.5 Å². The minimum absolute atomic E-state index is 0.193. The lowest BCUT2D eigenvalue weighted by molar-refractivity contribution is -0.116. The highest BCUT2D eigenvalue weighted by Gasteiger charge is 2.27. The average molecular weight is 442 g/mol. The van der Waals surface area contributed by atoms with E-state index < -0.39 is 10.0 Å². The van der Waals surface area contributed by atoms with Crippen molar-refractivity contribution in [1.29, 1.82) is 0 Å². The van der Waals surface area contributed by atoms with Crippen molar-refractivity contribution in [3.05, 3.63) is 71.3 Å². The summed E-state index contributed by atoms with van der Waals surface area (Å²) >= 11 is 0. The summed E-state index contributed by atoms with van der Waals surface area (Å²) in [5.41, 5.74) is 3.08. The monoisotopic (exact) mass is 441 g/mol. The van der Waals surface area contributed by atoms with Gasteiger partial charge in [0.2, 0.25) is 15.9 Å². The van der Waals surface area contributed by atoms with Crippen LogP contribution in [0.5, 0.6) is 0 Å². The third-order valence-electron chi connectivity index (χ3n) is 5.52. The second-order valence-electron chi connectivity index (χ2n) is 8.22. The number of benzene rings is 2. The van der Waals surface area contributed by atoms with Crippen LogP contribution in [-0.2, 0) is 21.4 Å². The summed E-state index contributed by atoms with van der Waals surface area (Å²) in [4.78, 5) is 14.5. The van der Waals surface area contributed by atoms with Crippen LogP contribution in [0.25, 0.3) is 6.08 Å². The number of piperazine rings is 1. The Bertz CT molecular complexity index is 1010. The molecule has 0 bridgehead atoms. The van der Waals surface area contributed by atoms with Gasteiger partial charge in [-0.2, -0.15) is 4.31 Å². The Labute approximate surface area is 185 Å². The molecule has 1 heterocycles. The largest absolute Gasteiger partial charge is 0.348 e. The first-order chi connectivity index (χ1) is 14.8. The maximum Gasteiger partial charge on any atom is 0.244 e. The van der Waals surface area contributed by atoms with Gasteiger partial charge in [-0.15, -0.1) is 0 Å². The molecule has 6 nitrogen and oxygen atoms in total. The van der Waals surface area contributed by atoms with E-state index in [1.165, 1.54) is 15.9 Å². The Balaban J connectivity index is 1.53. The molecule has 1 fully saturated rings. The van der Waals surface area contributed by atoms with Crippen LogP contribution in [0.3, 0.4) is 0 Å². The zero-order valence-corrected chi connectivity index (χ0v) is 19.2. The van der Waals surface area contributed by atoms with Crippen molar-refractivity contribution < 1.29 is 13.2 Å². The molecule has 0 atom stereocenters. The molecule has 1 N–H and O–H groups in total. The highest BCUT2D eigenvalue weighted by atomic mass is 32.2. The van der Waals surface area contributed by atoms with Crippen molar-refractivity contribution in [3.63, 3.8) is 0 Å². The SMILES string of the molecule is CC(C)c1ccc(/C=C/C(=O)NCc2ccc(S(=O)(=O)N3CCN(C)CC3)cc2)cc1. The molecule has 2 aromatic rings. The summed E-state index contributed by atoms with van der Waals surface area (Å²) in [6.45, 7) is 7.10. The van der Waals surface area contributed by atoms with Gasteiger partial charge in [-0.05, 0) is 47.9 Å². The molecular weight excluding hydrogens is 410 g/mol. The smallest absolute Gasteiger partial charge is 0.244 e. The minimum atomic E-state index is -3.47. The fourth-order valence-electron chi connectivity index (χ4n) is 3.37. The number of likely N-dealkylation sites (N-methyl/N-ethyl adjacent to an activating group) is 1. The molecule has 31 heavy (non-hydrogen) atoms. The predicted octanol–water partition coefficient (Wildman–Crippen LogP) is 3.08. The van der Waals surface area contributed by atoms with Crippen molar-refractivity contribution in [2.75, 3.05) is 33.2 Å². The highest BCUT2D eigenvalue weighted by Crippen LogP contribution is 2.18. The van der Waals surface area contributed by atoms with Crippen molar-refractivity contribution in [3.8, 4) is 0 Å². The number of carbonyl (C=O) groups excluding carboxylic acids is 1. The highest BCUT2D eigenvalue weighted by molar-refractivity contribution is 7.89. The van der Waals surface area contributed by atoms with E-state index in [2.05, 4.69) is 36.2 Å². The Morgan fingerprint density at radius 2 is 1.61 bits per heavy atom. The Hall–Kier alpha value is -2.48. The second kappa shape index (κ2) is 10.2. The number of carbonyl (C=O) groups is 1. The summed E-state index contributed by atoms with van der Waals surface area (Å²) in [5, 5.41) is 2.83. The fourth-order valence-corrected chi connectivity index (χ4v) is 4.79. The second-order valence-corrected chi connectivity index (χ2v) is 10.2. The number of nitrogens with zero attached hydrogens (tertiary/aromatic N) is 2. The van der Waals surface area contributed by atoms with E-state index in [-0.39, 0.29) is 10.8 Å². The van der Waals surface area contributed by atoms with Gasteiger partial charge in [-0.1, -0.05) is 50.2 Å². The molecule has 1 aliphatic rings. The molecule has 166 valence electrons. The Morgan fingerprint density at radius 1 is 1.00 bits per heavy atom. The molecule has 1 amide bonds. The van der Waals surface area contributed by atoms with Gasteiger partial charge in [0.05, 0.1) is 4.90 Å². The van der Waals surface area contributed by atoms with Gasteiger partial charge in [-0.25, -0.2) is 8.42 Å². The first-order valence-corrected chi connectivity index (χ1v) is 12.0. The molecule has 0 unspecified atom stereocenters. The molecule has 3 rings (SSSR count). The maximum absolute atomic E-state index is 12.8. The van der Waals surface area contributed by atoms with Crippen LogP contribution in [0.2, 0.25) is 0 Å². The minimum Gasteiger partial charge on any atom is -0.348 e. The van der Waals surface area contributed by atoms with Gasteiger partial charge in [0, 0.05) is 38.8 Å². The molecule has 2 aromatic carbocycles. The van der Waals surface area contributed by atoms with Crippen LogP contribution in [0.15, 0.2) is 59.5 Å². The van der Waals surface area contributed by atoms with Crippen molar-refractivity contribution >= 4 is 22.0 Å². The van der Waals surface area contributed by atoms with Crippen molar-refractivity contribution in [2.45, 2.75) is 31.2 Å². The normalized spacial score (nSPS) is 16.1. The number of amides is 1. The van der Waals surface area contributed by atoms with Gasteiger partial charge in [0.25, 0.3) is 0 Å². The molecule has 0 aromatic heterocycles. The van der Waals surface area contributed by atoms with E-state index in [4.69, 9.17) is 0 Å². The summed E-state index contributed by atoms with van der Waals surface area (Å²) in [6.07, 6.45) is 3.29. The van der Waals surface area contributed by atoms with Gasteiger partial charge in [0.1, 0.15) is 0 Å². The van der Waals surface area contributed by atoms with Crippen LogP contribution >= 0.6 is 0 Å². The van der Waals surface area contributed by atoms with Gasteiger partial charge in [0.15, 0.2) is 0 Å². The zero-order chi connectivity index (χ0) is 22.4. The number of hydrogen-bond donors (Lipinski definition) is 1. The Kier molecular flexibility index (Phi) is 7.64. The molecular formula is C24H31N3O3S. The lowest BCUT2D eigenvalue weighted by atomic mass is 10.0. The lowest BCUT2D eigenvalue weighted by Gasteiger charge is -2.31. The first kappa shape index (κ1) is 23.2. The van der Waals surface area contributed by atoms with Crippen LogP contribution in [-0.4, -0.2) is 56.8 Å². The van der Waals surface area contributed by atoms with Crippen molar-refractivity contribution in [2.24, 2.45) is 0 Å². The fraction of sp³-hybridized carbons (Fsp3) is 0.375. The van der Waals surface area contributed by atoms with Gasteiger partial charge in [-0.3, -0.25) is 4.79 Å². The first-order valence-electron chi connectivity index (χ1n) is 10.6. The lowest BCUT2D eigenvalue weighted by Crippen LogP contribution is -2.46. The molecule has 0 saturated carbocycles. The van der Waals surface area contributed by atoms with Gasteiger partial charge < -0.3 is 10.2 Å². The van der Waals surface area contributed by atoms with Crippen LogP contribution in [0.4, 0.5) is 0 Å². The molecule has 0 radical (unpaired) electrons. The molecule has 7 heteroatoms. The number of rotatable bonds is 7. The average Bonchev–Trinajstić information content (AvgIpc) is 2.77. The van der Waals surface area contributed by atoms with E-state index in [1.807, 2.05) is 19.2 Å². The van der Waals surface area contributed by atoms with E-state index in [1.54, 1.807) is 30.3 Å². The van der Waals surface area contributed by atoms with Crippen LogP contribution < -0.4 is 5.32 Å². The third-order valence-corrected chi connectivity index (χ3v) is 7.43. The van der Waals surface area contributed by atoms with E-state index >= 15 is 0 Å². The van der Waals surface area contributed by atoms with Gasteiger partial charge >= 0.3 is 0 Å². The maximum atomic E-state index is 12.8. The topological polar surface area (TPSA) is 69.7 Å². The van der Waals surface area contributed by atoms with Crippen LogP contribution in [0, 0.1) is 0 Å². The van der Waals surface area contributed by atoms with E-state index in [0.29, 0.717) is 25.6 Å². The molecule has 0 spiro atoms. The quantitative estimate of drug-likeness (QED) is 0.671. The standard InChI is InChI=1S/C24H31N3O3S/c1-19(2)22-9-4-20(5-10-22)8-13-24(28)25-18-21-6-11-23(12-7-21)31(29,30)27-16-14-26(3)15-17-27/h4-13,19H,14-18H2,1-3H3,(H,25,28)/b13-8+. The summed E-state index contributed by atoms with van der Waals surface area (Å²) in [7, 11) is -1.48. The molecule has 0 aliphatic carbocycles. The summed E-state index contributed by atoms with van der Waals surface area (Å²) < 4.78 is 27.1. The third kappa shape index (κ3) is 6.26. The summed E-state index contributed by atoms with van der Waals surface area (Å²) in [5.74, 6) is 0.284. The van der Waals surface area contributed by atoms with Crippen molar-refractivity contribution in [1.82, 2.24) is 14.5 Å². The predicted molar refractivity (Wildman–Crippen MR) is 124 cm³/mol. The number of sulfonamides is 1. The Morgan fingerprint density at radius 3 is 2.19 bits per heavy atom. The number of nitrogens with one attached hydrogen (secondary N) is 1.